The van der Waals surface area contributed by atoms with Gasteiger partial charge in [-0.25, -0.2) is 0 Å². The second kappa shape index (κ2) is 5.70. The Labute approximate surface area is 117 Å². The number of alkyl halides is 3. The van der Waals surface area contributed by atoms with Crippen molar-refractivity contribution in [2.75, 3.05) is 0 Å². The molecule has 0 atom stereocenters. The molecular formula is C17H17F3. The molecule has 2 aromatic rings. The first-order valence-electron chi connectivity index (χ1n) is 6.69. The summed E-state index contributed by atoms with van der Waals surface area (Å²) in [5, 5.41) is 0. The third-order valence-corrected chi connectivity index (χ3v) is 3.35. The van der Waals surface area contributed by atoms with E-state index in [1.54, 1.807) is 0 Å². The van der Waals surface area contributed by atoms with Gasteiger partial charge in [0.25, 0.3) is 0 Å². The first-order chi connectivity index (χ1) is 9.41. The fraction of sp³-hybridized carbons (Fsp3) is 0.294. The van der Waals surface area contributed by atoms with Gasteiger partial charge in [-0.15, -0.1) is 0 Å². The molecule has 0 aromatic heterocycles. The van der Waals surface area contributed by atoms with Gasteiger partial charge in [-0.2, -0.15) is 13.2 Å². The molecule has 0 unspecified atom stereocenters. The lowest BCUT2D eigenvalue weighted by atomic mass is 9.96. The lowest BCUT2D eigenvalue weighted by Gasteiger charge is -2.11. The third-order valence-electron chi connectivity index (χ3n) is 3.35. The monoisotopic (exact) mass is 278 g/mol. The average Bonchev–Trinajstić information content (AvgIpc) is 2.38. The Morgan fingerprint density at radius 2 is 1.60 bits per heavy atom. The third kappa shape index (κ3) is 3.21. The zero-order valence-electron chi connectivity index (χ0n) is 11.6. The minimum atomic E-state index is -4.28. The molecule has 2 rings (SSSR count). The van der Waals surface area contributed by atoms with Crippen LogP contribution in [0, 0.1) is 6.92 Å². The van der Waals surface area contributed by atoms with Crippen LogP contribution in [0.25, 0.3) is 11.1 Å². The molecule has 20 heavy (non-hydrogen) atoms. The van der Waals surface area contributed by atoms with E-state index in [-0.39, 0.29) is 0 Å². The van der Waals surface area contributed by atoms with Crippen molar-refractivity contribution in [3.63, 3.8) is 0 Å². The first-order valence-corrected chi connectivity index (χ1v) is 6.69. The summed E-state index contributed by atoms with van der Waals surface area (Å²) in [4.78, 5) is 0. The van der Waals surface area contributed by atoms with E-state index in [2.05, 4.69) is 13.0 Å². The zero-order valence-corrected chi connectivity index (χ0v) is 11.6. The van der Waals surface area contributed by atoms with Crippen molar-refractivity contribution in [2.24, 2.45) is 0 Å². The highest BCUT2D eigenvalue weighted by molar-refractivity contribution is 5.67. The number of rotatable bonds is 3. The smallest absolute Gasteiger partial charge is 0.166 e. The Morgan fingerprint density at radius 3 is 2.10 bits per heavy atom. The molecule has 3 heteroatoms. The Hall–Kier alpha value is -1.77. The van der Waals surface area contributed by atoms with Crippen LogP contribution in [0.2, 0.25) is 0 Å². The van der Waals surface area contributed by atoms with Crippen molar-refractivity contribution in [3.05, 3.63) is 59.2 Å². The number of halogens is 3. The molecule has 0 N–H and O–H groups in total. The first kappa shape index (κ1) is 14.6. The SMILES string of the molecule is CCCc1ccc(-c2ccc(C(F)(F)F)cc2)c(C)c1. The van der Waals surface area contributed by atoms with Crippen LogP contribution in [0.15, 0.2) is 42.5 Å². The minimum Gasteiger partial charge on any atom is -0.166 e. The van der Waals surface area contributed by atoms with Gasteiger partial charge in [-0.3, -0.25) is 0 Å². The van der Waals surface area contributed by atoms with Crippen molar-refractivity contribution in [2.45, 2.75) is 32.9 Å². The van der Waals surface area contributed by atoms with Crippen LogP contribution in [-0.2, 0) is 12.6 Å². The molecule has 106 valence electrons. The highest BCUT2D eigenvalue weighted by Gasteiger charge is 2.29. The molecule has 0 radical (unpaired) electrons. The maximum absolute atomic E-state index is 12.5. The van der Waals surface area contributed by atoms with Gasteiger partial charge in [0.05, 0.1) is 5.56 Å². The van der Waals surface area contributed by atoms with E-state index < -0.39 is 11.7 Å². The zero-order chi connectivity index (χ0) is 14.8. The van der Waals surface area contributed by atoms with E-state index in [4.69, 9.17) is 0 Å². The van der Waals surface area contributed by atoms with E-state index in [1.807, 2.05) is 19.1 Å². The van der Waals surface area contributed by atoms with Crippen molar-refractivity contribution in [1.82, 2.24) is 0 Å². The standard InChI is InChI=1S/C17H17F3/c1-3-4-13-5-10-16(12(2)11-13)14-6-8-15(9-7-14)17(18,19)20/h5-11H,3-4H2,1-2H3. The molecule has 0 saturated carbocycles. The molecule has 0 saturated heterocycles. The van der Waals surface area contributed by atoms with Crippen molar-refractivity contribution in [3.8, 4) is 11.1 Å². The minimum absolute atomic E-state index is 0.610. The van der Waals surface area contributed by atoms with Gasteiger partial charge in [-0.05, 0) is 47.7 Å². The van der Waals surface area contributed by atoms with Crippen LogP contribution in [0.5, 0.6) is 0 Å². The summed E-state index contributed by atoms with van der Waals surface area (Å²) < 4.78 is 37.6. The maximum Gasteiger partial charge on any atom is 0.416 e. The quantitative estimate of drug-likeness (QED) is 0.682. The van der Waals surface area contributed by atoms with E-state index >= 15 is 0 Å². The van der Waals surface area contributed by atoms with Gasteiger partial charge in [0.15, 0.2) is 0 Å². The largest absolute Gasteiger partial charge is 0.416 e. The highest BCUT2D eigenvalue weighted by atomic mass is 19.4. The number of hydrogen-bond donors (Lipinski definition) is 0. The fourth-order valence-corrected chi connectivity index (χ4v) is 2.33. The van der Waals surface area contributed by atoms with Gasteiger partial charge < -0.3 is 0 Å². The Balaban J connectivity index is 2.32. The molecule has 0 aliphatic heterocycles. The molecule has 0 spiro atoms. The Kier molecular flexibility index (Phi) is 4.17. The second-order valence-corrected chi connectivity index (χ2v) is 4.97. The summed E-state index contributed by atoms with van der Waals surface area (Å²) in [7, 11) is 0. The van der Waals surface area contributed by atoms with Gasteiger partial charge >= 0.3 is 6.18 Å². The van der Waals surface area contributed by atoms with Crippen LogP contribution in [0.1, 0.15) is 30.0 Å². The van der Waals surface area contributed by atoms with Gasteiger partial charge in [0.1, 0.15) is 0 Å². The van der Waals surface area contributed by atoms with Crippen LogP contribution in [-0.4, -0.2) is 0 Å². The van der Waals surface area contributed by atoms with Crippen LogP contribution in [0.4, 0.5) is 13.2 Å². The molecule has 0 nitrogen and oxygen atoms in total. The van der Waals surface area contributed by atoms with E-state index in [1.165, 1.54) is 17.7 Å². The molecule has 0 aliphatic rings. The topological polar surface area (TPSA) is 0 Å². The average molecular weight is 278 g/mol. The van der Waals surface area contributed by atoms with E-state index in [0.717, 1.165) is 41.7 Å². The molecule has 0 aliphatic carbocycles. The van der Waals surface area contributed by atoms with Crippen LogP contribution >= 0.6 is 0 Å². The summed E-state index contributed by atoms with van der Waals surface area (Å²) in [6.07, 6.45) is -2.17. The molecule has 0 amide bonds. The summed E-state index contributed by atoms with van der Waals surface area (Å²) in [6, 6.07) is 11.5. The van der Waals surface area contributed by atoms with Crippen LogP contribution in [0.3, 0.4) is 0 Å². The van der Waals surface area contributed by atoms with Gasteiger partial charge in [0.2, 0.25) is 0 Å². The molecule has 0 bridgehead atoms. The second-order valence-electron chi connectivity index (χ2n) is 4.97. The van der Waals surface area contributed by atoms with Gasteiger partial charge in [-0.1, -0.05) is 43.7 Å². The number of hydrogen-bond acceptors (Lipinski definition) is 0. The lowest BCUT2D eigenvalue weighted by molar-refractivity contribution is -0.137. The van der Waals surface area contributed by atoms with E-state index in [9.17, 15) is 13.2 Å². The van der Waals surface area contributed by atoms with Crippen molar-refractivity contribution in [1.29, 1.82) is 0 Å². The van der Waals surface area contributed by atoms with E-state index in [0.29, 0.717) is 0 Å². The number of aryl methyl sites for hydroxylation is 2. The predicted octanol–water partition coefficient (Wildman–Crippen LogP) is 5.63. The summed E-state index contributed by atoms with van der Waals surface area (Å²) in [5.41, 5.74) is 3.55. The molecule has 0 heterocycles. The van der Waals surface area contributed by atoms with Crippen molar-refractivity contribution < 1.29 is 13.2 Å². The Morgan fingerprint density at radius 1 is 0.950 bits per heavy atom. The normalized spacial score (nSPS) is 11.7. The van der Waals surface area contributed by atoms with Crippen molar-refractivity contribution >= 4 is 0 Å². The fourth-order valence-electron chi connectivity index (χ4n) is 2.33. The maximum atomic E-state index is 12.5. The molecule has 0 fully saturated rings. The summed E-state index contributed by atoms with van der Waals surface area (Å²) >= 11 is 0. The number of benzene rings is 2. The summed E-state index contributed by atoms with van der Waals surface area (Å²) in [5.74, 6) is 0. The Bertz CT molecular complexity index is 580. The highest BCUT2D eigenvalue weighted by Crippen LogP contribution is 2.32. The predicted molar refractivity (Wildman–Crippen MR) is 75.6 cm³/mol. The molecular weight excluding hydrogens is 261 g/mol. The van der Waals surface area contributed by atoms with Gasteiger partial charge in [0, 0.05) is 0 Å². The molecule has 2 aromatic carbocycles. The summed E-state index contributed by atoms with van der Waals surface area (Å²) in [6.45, 7) is 4.12. The van der Waals surface area contributed by atoms with Crippen LogP contribution < -0.4 is 0 Å². The lowest BCUT2D eigenvalue weighted by Crippen LogP contribution is -2.04.